The lowest BCUT2D eigenvalue weighted by Crippen LogP contribution is -2.27. The first-order valence-corrected chi connectivity index (χ1v) is 7.60. The fraction of sp³-hybridized carbons (Fsp3) is 0.118. The van der Waals surface area contributed by atoms with Crippen LogP contribution in [-0.4, -0.2) is 11.1 Å². The molecule has 0 saturated heterocycles. The van der Waals surface area contributed by atoms with Gasteiger partial charge in [0.05, 0.1) is 0 Å². The van der Waals surface area contributed by atoms with Gasteiger partial charge in [0.1, 0.15) is 6.04 Å². The Hall–Kier alpha value is -2.17. The fourth-order valence-corrected chi connectivity index (χ4v) is 3.34. The number of carbonyl (C=O) groups is 1. The zero-order valence-electron chi connectivity index (χ0n) is 11.3. The Bertz CT molecular complexity index is 752. The molecule has 0 aliphatic heterocycles. The van der Waals surface area contributed by atoms with Crippen molar-refractivity contribution in [3.05, 3.63) is 71.1 Å². The van der Waals surface area contributed by atoms with Gasteiger partial charge in [0.15, 0.2) is 0 Å². The molecule has 1 aromatic heterocycles. The lowest BCUT2D eigenvalue weighted by atomic mass is 10.1. The summed E-state index contributed by atoms with van der Waals surface area (Å²) < 4.78 is 1.22. The van der Waals surface area contributed by atoms with Crippen LogP contribution < -0.4 is 5.32 Å². The molecule has 3 nitrogen and oxygen atoms in total. The first-order valence-electron chi connectivity index (χ1n) is 6.72. The Morgan fingerprint density at radius 1 is 1.10 bits per heavy atom. The Morgan fingerprint density at radius 2 is 1.81 bits per heavy atom. The zero-order chi connectivity index (χ0) is 14.7. The number of carboxylic acids is 1. The molecule has 0 radical (unpaired) electrons. The third kappa shape index (κ3) is 2.96. The second-order valence-electron chi connectivity index (χ2n) is 4.82. The van der Waals surface area contributed by atoms with Crippen LogP contribution in [0.2, 0.25) is 0 Å². The average molecular weight is 297 g/mol. The summed E-state index contributed by atoms with van der Waals surface area (Å²) in [5.41, 5.74) is 1.90. The van der Waals surface area contributed by atoms with Crippen LogP contribution in [-0.2, 0) is 11.3 Å². The van der Waals surface area contributed by atoms with Crippen molar-refractivity contribution in [1.82, 2.24) is 5.32 Å². The van der Waals surface area contributed by atoms with Crippen molar-refractivity contribution in [2.24, 2.45) is 0 Å². The van der Waals surface area contributed by atoms with E-state index in [2.05, 4.69) is 22.8 Å². The number of thiophene rings is 1. The van der Waals surface area contributed by atoms with Gasteiger partial charge in [-0.15, -0.1) is 11.3 Å². The van der Waals surface area contributed by atoms with Crippen LogP contribution >= 0.6 is 11.3 Å². The van der Waals surface area contributed by atoms with Crippen LogP contribution in [0.4, 0.5) is 0 Å². The van der Waals surface area contributed by atoms with Crippen molar-refractivity contribution in [3.63, 3.8) is 0 Å². The van der Waals surface area contributed by atoms with Gasteiger partial charge in [-0.2, -0.15) is 0 Å². The first-order chi connectivity index (χ1) is 10.3. The molecule has 0 spiro atoms. The predicted molar refractivity (Wildman–Crippen MR) is 85.5 cm³/mol. The largest absolute Gasteiger partial charge is 0.480 e. The maximum atomic E-state index is 11.5. The van der Waals surface area contributed by atoms with E-state index in [0.29, 0.717) is 6.54 Å². The first kappa shape index (κ1) is 13.8. The van der Waals surface area contributed by atoms with Gasteiger partial charge in [-0.05, 0) is 28.0 Å². The van der Waals surface area contributed by atoms with E-state index in [9.17, 15) is 9.90 Å². The van der Waals surface area contributed by atoms with Crippen molar-refractivity contribution in [2.75, 3.05) is 0 Å². The van der Waals surface area contributed by atoms with Gasteiger partial charge in [-0.1, -0.05) is 48.5 Å². The molecule has 0 fully saturated rings. The number of aliphatic carboxylic acids is 1. The summed E-state index contributed by atoms with van der Waals surface area (Å²) in [5.74, 6) is -0.860. The van der Waals surface area contributed by atoms with Gasteiger partial charge in [0.2, 0.25) is 0 Å². The standard InChI is InChI=1S/C17H15NO2S/c19-17(20)16(12-6-2-1-3-7-12)18-10-13-11-21-15-9-5-4-8-14(13)15/h1-9,11,16,18H,10H2,(H,19,20). The van der Waals surface area contributed by atoms with Crippen molar-refractivity contribution >= 4 is 27.4 Å². The number of rotatable bonds is 5. The minimum Gasteiger partial charge on any atom is -0.480 e. The maximum absolute atomic E-state index is 11.5. The summed E-state index contributed by atoms with van der Waals surface area (Å²) in [7, 11) is 0. The summed E-state index contributed by atoms with van der Waals surface area (Å²) >= 11 is 1.68. The third-order valence-corrected chi connectivity index (χ3v) is 4.45. The van der Waals surface area contributed by atoms with Crippen LogP contribution in [0.25, 0.3) is 10.1 Å². The minimum atomic E-state index is -0.860. The molecule has 21 heavy (non-hydrogen) atoms. The monoisotopic (exact) mass is 297 g/mol. The van der Waals surface area contributed by atoms with Gasteiger partial charge in [-0.25, -0.2) is 0 Å². The van der Waals surface area contributed by atoms with E-state index in [0.717, 1.165) is 11.1 Å². The molecule has 3 aromatic rings. The molecule has 106 valence electrons. The molecule has 0 amide bonds. The molecular weight excluding hydrogens is 282 g/mol. The Kier molecular flexibility index (Phi) is 3.99. The predicted octanol–water partition coefficient (Wildman–Crippen LogP) is 3.82. The molecule has 0 saturated carbocycles. The Labute approximate surface area is 126 Å². The lowest BCUT2D eigenvalue weighted by molar-refractivity contribution is -0.139. The second kappa shape index (κ2) is 6.08. The number of fused-ring (bicyclic) bond motifs is 1. The van der Waals surface area contributed by atoms with Gasteiger partial charge in [0.25, 0.3) is 0 Å². The number of benzene rings is 2. The normalized spacial score (nSPS) is 12.4. The number of nitrogens with one attached hydrogen (secondary N) is 1. The van der Waals surface area contributed by atoms with Crippen LogP contribution in [0.15, 0.2) is 60.0 Å². The SMILES string of the molecule is O=C(O)C(NCc1csc2ccccc12)c1ccccc1. The van der Waals surface area contributed by atoms with Crippen molar-refractivity contribution in [3.8, 4) is 0 Å². The van der Waals surface area contributed by atoms with E-state index in [-0.39, 0.29) is 0 Å². The molecule has 1 atom stereocenters. The van der Waals surface area contributed by atoms with Crippen LogP contribution in [0.3, 0.4) is 0 Å². The maximum Gasteiger partial charge on any atom is 0.325 e. The van der Waals surface area contributed by atoms with Crippen molar-refractivity contribution in [2.45, 2.75) is 12.6 Å². The van der Waals surface area contributed by atoms with E-state index in [1.165, 1.54) is 10.1 Å². The molecule has 2 N–H and O–H groups in total. The van der Waals surface area contributed by atoms with E-state index in [1.807, 2.05) is 42.5 Å². The fourth-order valence-electron chi connectivity index (χ4n) is 2.37. The van der Waals surface area contributed by atoms with Crippen LogP contribution in [0, 0.1) is 0 Å². The van der Waals surface area contributed by atoms with Gasteiger partial charge in [-0.3, -0.25) is 10.1 Å². The van der Waals surface area contributed by atoms with E-state index >= 15 is 0 Å². The molecular formula is C17H15NO2S. The van der Waals surface area contributed by atoms with Crippen molar-refractivity contribution < 1.29 is 9.90 Å². The highest BCUT2D eigenvalue weighted by Gasteiger charge is 2.19. The highest BCUT2D eigenvalue weighted by Crippen LogP contribution is 2.26. The summed E-state index contributed by atoms with van der Waals surface area (Å²) in [4.78, 5) is 11.5. The van der Waals surface area contributed by atoms with Crippen LogP contribution in [0.1, 0.15) is 17.2 Å². The topological polar surface area (TPSA) is 49.3 Å². The van der Waals surface area contributed by atoms with Gasteiger partial charge in [0, 0.05) is 11.2 Å². The zero-order valence-corrected chi connectivity index (χ0v) is 12.1. The second-order valence-corrected chi connectivity index (χ2v) is 5.73. The summed E-state index contributed by atoms with van der Waals surface area (Å²) in [6, 6.07) is 16.7. The number of hydrogen-bond donors (Lipinski definition) is 2. The van der Waals surface area contributed by atoms with E-state index < -0.39 is 12.0 Å². The molecule has 4 heteroatoms. The Balaban J connectivity index is 1.80. The molecule has 0 aliphatic rings. The van der Waals surface area contributed by atoms with E-state index in [1.54, 1.807) is 11.3 Å². The third-order valence-electron chi connectivity index (χ3n) is 3.44. The molecule has 3 rings (SSSR count). The van der Waals surface area contributed by atoms with Crippen molar-refractivity contribution in [1.29, 1.82) is 0 Å². The summed E-state index contributed by atoms with van der Waals surface area (Å²) in [6.07, 6.45) is 0. The van der Waals surface area contributed by atoms with E-state index in [4.69, 9.17) is 0 Å². The highest BCUT2D eigenvalue weighted by atomic mass is 32.1. The smallest absolute Gasteiger partial charge is 0.325 e. The molecule has 0 aliphatic carbocycles. The molecule has 0 bridgehead atoms. The van der Waals surface area contributed by atoms with Crippen LogP contribution in [0.5, 0.6) is 0 Å². The summed E-state index contributed by atoms with van der Waals surface area (Å²) in [6.45, 7) is 0.538. The Morgan fingerprint density at radius 3 is 2.57 bits per heavy atom. The average Bonchev–Trinajstić information content (AvgIpc) is 2.92. The number of carboxylic acid groups (broad SMARTS) is 1. The molecule has 2 aromatic carbocycles. The molecule has 1 unspecified atom stereocenters. The minimum absolute atomic E-state index is 0.538. The quantitative estimate of drug-likeness (QED) is 0.752. The summed E-state index contributed by atoms with van der Waals surface area (Å²) in [5, 5.41) is 15.8. The highest BCUT2D eigenvalue weighted by molar-refractivity contribution is 7.17. The van der Waals surface area contributed by atoms with Gasteiger partial charge >= 0.3 is 5.97 Å². The van der Waals surface area contributed by atoms with Gasteiger partial charge < -0.3 is 5.11 Å². The number of hydrogen-bond acceptors (Lipinski definition) is 3. The lowest BCUT2D eigenvalue weighted by Gasteiger charge is -2.14. The molecule has 1 heterocycles.